The summed E-state index contributed by atoms with van der Waals surface area (Å²) in [6.07, 6.45) is 2.90. The number of furan rings is 1. The average Bonchev–Trinajstić information content (AvgIpc) is 3.01. The van der Waals surface area contributed by atoms with Crippen molar-refractivity contribution >= 4 is 9.84 Å². The van der Waals surface area contributed by atoms with E-state index >= 15 is 0 Å². The minimum absolute atomic E-state index is 0.0998. The Morgan fingerprint density at radius 2 is 2.14 bits per heavy atom. The summed E-state index contributed by atoms with van der Waals surface area (Å²) in [5, 5.41) is 7.87. The van der Waals surface area contributed by atoms with Crippen molar-refractivity contribution in [3.05, 3.63) is 41.1 Å². The molecule has 2 aromatic rings. The minimum Gasteiger partial charge on any atom is -0.468 e. The van der Waals surface area contributed by atoms with Crippen LogP contribution in [0.1, 0.15) is 35.7 Å². The van der Waals surface area contributed by atoms with Crippen molar-refractivity contribution < 1.29 is 12.8 Å². The molecule has 22 heavy (non-hydrogen) atoms. The van der Waals surface area contributed by atoms with E-state index in [9.17, 15) is 8.42 Å². The summed E-state index contributed by atoms with van der Waals surface area (Å²) in [6.45, 7) is 7.02. The maximum Gasteiger partial charge on any atom is 0.149 e. The van der Waals surface area contributed by atoms with E-state index in [1.807, 2.05) is 26.0 Å². The van der Waals surface area contributed by atoms with Gasteiger partial charge in [0.05, 0.1) is 30.8 Å². The normalized spacial score (nSPS) is 13.5. The van der Waals surface area contributed by atoms with Crippen LogP contribution in [0.2, 0.25) is 0 Å². The zero-order valence-corrected chi connectivity index (χ0v) is 14.3. The van der Waals surface area contributed by atoms with E-state index in [-0.39, 0.29) is 11.8 Å². The molecule has 2 heterocycles. The van der Waals surface area contributed by atoms with Crippen LogP contribution in [0, 0.1) is 13.8 Å². The van der Waals surface area contributed by atoms with Gasteiger partial charge in [-0.15, -0.1) is 0 Å². The molecule has 0 aliphatic heterocycles. The van der Waals surface area contributed by atoms with E-state index in [2.05, 4.69) is 17.3 Å². The average molecular weight is 325 g/mol. The first-order chi connectivity index (χ1) is 10.3. The summed E-state index contributed by atoms with van der Waals surface area (Å²) in [6, 6.07) is 3.90. The van der Waals surface area contributed by atoms with Crippen molar-refractivity contribution in [1.82, 2.24) is 15.1 Å². The molecule has 0 fully saturated rings. The third-order valence-corrected chi connectivity index (χ3v) is 4.63. The predicted octanol–water partition coefficient (Wildman–Crippen LogP) is 1.99. The highest BCUT2D eigenvalue weighted by molar-refractivity contribution is 7.90. The summed E-state index contributed by atoms with van der Waals surface area (Å²) in [5.41, 5.74) is 3.03. The van der Waals surface area contributed by atoms with Gasteiger partial charge in [0.1, 0.15) is 15.6 Å². The van der Waals surface area contributed by atoms with Crippen LogP contribution in [0.5, 0.6) is 0 Å². The molecule has 0 aromatic carbocycles. The van der Waals surface area contributed by atoms with Crippen LogP contribution in [-0.4, -0.2) is 30.2 Å². The third kappa shape index (κ3) is 4.20. The van der Waals surface area contributed by atoms with Crippen LogP contribution in [0.3, 0.4) is 0 Å². The van der Waals surface area contributed by atoms with Crippen LogP contribution < -0.4 is 5.32 Å². The zero-order chi connectivity index (χ0) is 16.3. The lowest BCUT2D eigenvalue weighted by Gasteiger charge is -2.14. The van der Waals surface area contributed by atoms with Gasteiger partial charge in [-0.25, -0.2) is 8.42 Å². The van der Waals surface area contributed by atoms with Gasteiger partial charge in [-0.3, -0.25) is 4.68 Å². The van der Waals surface area contributed by atoms with Gasteiger partial charge in [-0.05, 0) is 32.9 Å². The molecule has 0 spiro atoms. The number of aryl methyl sites for hydroxylation is 2. The Balaban J connectivity index is 2.08. The number of aromatic nitrogens is 2. The molecule has 0 aliphatic carbocycles. The largest absolute Gasteiger partial charge is 0.468 e. The van der Waals surface area contributed by atoms with Crippen LogP contribution >= 0.6 is 0 Å². The molecule has 2 rings (SSSR count). The van der Waals surface area contributed by atoms with Crippen molar-refractivity contribution in [2.45, 2.75) is 39.9 Å². The second-order valence-corrected chi connectivity index (χ2v) is 7.88. The van der Waals surface area contributed by atoms with Gasteiger partial charge in [0.25, 0.3) is 0 Å². The fraction of sp³-hybridized carbons (Fsp3) is 0.533. The lowest BCUT2D eigenvalue weighted by atomic mass is 10.1. The van der Waals surface area contributed by atoms with Gasteiger partial charge < -0.3 is 9.73 Å². The topological polar surface area (TPSA) is 77.1 Å². The first kappa shape index (κ1) is 16.8. The molecule has 0 saturated heterocycles. The van der Waals surface area contributed by atoms with E-state index in [0.29, 0.717) is 13.1 Å². The fourth-order valence-corrected chi connectivity index (χ4v) is 3.08. The predicted molar refractivity (Wildman–Crippen MR) is 85.4 cm³/mol. The van der Waals surface area contributed by atoms with Crippen molar-refractivity contribution in [2.24, 2.45) is 0 Å². The van der Waals surface area contributed by atoms with Crippen LogP contribution in [0.25, 0.3) is 0 Å². The number of rotatable bonds is 7. The Labute approximate surface area is 131 Å². The maximum atomic E-state index is 11.3. The summed E-state index contributed by atoms with van der Waals surface area (Å²) in [7, 11) is -2.99. The monoisotopic (exact) mass is 325 g/mol. The minimum atomic E-state index is -2.99. The first-order valence-electron chi connectivity index (χ1n) is 7.25. The quantitative estimate of drug-likeness (QED) is 0.842. The standard InChI is InChI=1S/C15H23N3O3S/c1-11(16-10-14-6-5-8-21-14)15-12(2)17-18(13(15)3)7-9-22(4,19)20/h5-6,8,11,16H,7,9-10H2,1-4H3/t11-/m0/s1. The first-order valence-corrected chi connectivity index (χ1v) is 9.31. The zero-order valence-electron chi connectivity index (χ0n) is 13.5. The van der Waals surface area contributed by atoms with Gasteiger partial charge >= 0.3 is 0 Å². The van der Waals surface area contributed by atoms with E-state index in [1.165, 1.54) is 6.26 Å². The molecular weight excluding hydrogens is 302 g/mol. The Hall–Kier alpha value is -1.60. The number of sulfone groups is 1. The Morgan fingerprint density at radius 1 is 1.41 bits per heavy atom. The SMILES string of the molecule is Cc1nn(CCS(C)(=O)=O)c(C)c1[C@H](C)NCc1ccco1. The van der Waals surface area contributed by atoms with Crippen molar-refractivity contribution in [3.63, 3.8) is 0 Å². The summed E-state index contributed by atoms with van der Waals surface area (Å²) in [5.74, 6) is 0.981. The number of hydrogen-bond acceptors (Lipinski definition) is 5. The van der Waals surface area contributed by atoms with Crippen LogP contribution in [0.4, 0.5) is 0 Å². The Morgan fingerprint density at radius 3 is 2.73 bits per heavy atom. The molecule has 122 valence electrons. The molecule has 1 atom stereocenters. The number of nitrogens with zero attached hydrogens (tertiary/aromatic N) is 2. The summed E-state index contributed by atoms with van der Waals surface area (Å²) < 4.78 is 29.7. The van der Waals surface area contributed by atoms with Gasteiger partial charge in [0, 0.05) is 23.6 Å². The molecule has 2 aromatic heterocycles. The molecule has 0 bridgehead atoms. The van der Waals surface area contributed by atoms with Crippen LogP contribution in [0.15, 0.2) is 22.8 Å². The lowest BCUT2D eigenvalue weighted by Crippen LogP contribution is -2.19. The van der Waals surface area contributed by atoms with Gasteiger partial charge in [0.2, 0.25) is 0 Å². The van der Waals surface area contributed by atoms with Gasteiger partial charge in [0.15, 0.2) is 0 Å². The van der Waals surface area contributed by atoms with Crippen molar-refractivity contribution in [1.29, 1.82) is 0 Å². The van der Waals surface area contributed by atoms with Crippen molar-refractivity contribution in [3.8, 4) is 0 Å². The molecule has 0 amide bonds. The number of hydrogen-bond donors (Lipinski definition) is 1. The van der Waals surface area contributed by atoms with E-state index in [1.54, 1.807) is 10.9 Å². The highest BCUT2D eigenvalue weighted by Crippen LogP contribution is 2.22. The molecule has 1 N–H and O–H groups in total. The van der Waals surface area contributed by atoms with E-state index in [4.69, 9.17) is 4.42 Å². The molecule has 0 saturated carbocycles. The van der Waals surface area contributed by atoms with Crippen molar-refractivity contribution in [2.75, 3.05) is 12.0 Å². The molecule has 0 unspecified atom stereocenters. The summed E-state index contributed by atoms with van der Waals surface area (Å²) in [4.78, 5) is 0. The lowest BCUT2D eigenvalue weighted by molar-refractivity contribution is 0.459. The molecule has 7 heteroatoms. The smallest absolute Gasteiger partial charge is 0.149 e. The van der Waals surface area contributed by atoms with Gasteiger partial charge in [-0.2, -0.15) is 5.10 Å². The maximum absolute atomic E-state index is 11.3. The molecule has 0 radical (unpaired) electrons. The van der Waals surface area contributed by atoms with E-state index < -0.39 is 9.84 Å². The summed E-state index contributed by atoms with van der Waals surface area (Å²) >= 11 is 0. The Bertz CT molecular complexity index is 718. The van der Waals surface area contributed by atoms with Crippen LogP contribution in [-0.2, 0) is 22.9 Å². The molecular formula is C15H23N3O3S. The Kier molecular flexibility index (Phi) is 5.08. The third-order valence-electron chi connectivity index (χ3n) is 3.71. The molecule has 6 nitrogen and oxygen atoms in total. The van der Waals surface area contributed by atoms with E-state index in [0.717, 1.165) is 22.7 Å². The second kappa shape index (κ2) is 6.66. The highest BCUT2D eigenvalue weighted by Gasteiger charge is 2.18. The number of nitrogens with one attached hydrogen (secondary N) is 1. The fourth-order valence-electron chi connectivity index (χ4n) is 2.58. The van der Waals surface area contributed by atoms with Gasteiger partial charge in [-0.1, -0.05) is 0 Å². The molecule has 0 aliphatic rings. The second-order valence-electron chi connectivity index (χ2n) is 5.62. The highest BCUT2D eigenvalue weighted by atomic mass is 32.2.